The minimum absolute atomic E-state index is 0.0132. The Bertz CT molecular complexity index is 1130. The smallest absolute Gasteiger partial charge is 0.338 e. The van der Waals surface area contributed by atoms with Gasteiger partial charge in [-0.05, 0) is 44.2 Å². The zero-order valence-corrected chi connectivity index (χ0v) is 16.6. The van der Waals surface area contributed by atoms with Crippen LogP contribution in [0, 0.1) is 13.8 Å². The average molecular weight is 404 g/mol. The molecule has 0 unspecified atom stereocenters. The van der Waals surface area contributed by atoms with Gasteiger partial charge in [0.2, 0.25) is 5.89 Å². The normalized spacial score (nSPS) is 10.7. The molecule has 0 amide bonds. The first-order valence-electron chi connectivity index (χ1n) is 9.41. The van der Waals surface area contributed by atoms with Crippen molar-refractivity contribution in [3.63, 3.8) is 0 Å². The van der Waals surface area contributed by atoms with Crippen LogP contribution in [0.25, 0.3) is 11.5 Å². The van der Waals surface area contributed by atoms with Crippen LogP contribution < -0.4 is 4.74 Å². The van der Waals surface area contributed by atoms with Gasteiger partial charge < -0.3 is 18.4 Å². The molecule has 0 bridgehead atoms. The zero-order valence-electron chi connectivity index (χ0n) is 16.6. The molecule has 0 N–H and O–H groups in total. The van der Waals surface area contributed by atoms with Crippen molar-refractivity contribution in [1.82, 2.24) is 10.1 Å². The summed E-state index contributed by atoms with van der Waals surface area (Å²) in [6, 6.07) is 16.3. The molecule has 2 aromatic carbocycles. The van der Waals surface area contributed by atoms with Gasteiger partial charge in [-0.1, -0.05) is 29.4 Å². The first kappa shape index (κ1) is 19.4. The van der Waals surface area contributed by atoms with Crippen molar-refractivity contribution in [2.75, 3.05) is 0 Å². The molecule has 2 aromatic heterocycles. The van der Waals surface area contributed by atoms with Crippen LogP contribution in [0.5, 0.6) is 5.75 Å². The van der Waals surface area contributed by atoms with E-state index in [0.29, 0.717) is 35.3 Å². The molecule has 0 radical (unpaired) electrons. The van der Waals surface area contributed by atoms with Crippen LogP contribution in [-0.2, 0) is 18.0 Å². The Morgan fingerprint density at radius 3 is 2.63 bits per heavy atom. The highest BCUT2D eigenvalue weighted by Gasteiger charge is 2.13. The predicted molar refractivity (Wildman–Crippen MR) is 108 cm³/mol. The Hall–Kier alpha value is -3.87. The average Bonchev–Trinajstić information content (AvgIpc) is 3.38. The van der Waals surface area contributed by atoms with E-state index in [1.54, 1.807) is 24.3 Å². The maximum atomic E-state index is 12.4. The van der Waals surface area contributed by atoms with Gasteiger partial charge in [-0.2, -0.15) is 0 Å². The van der Waals surface area contributed by atoms with Crippen molar-refractivity contribution >= 4 is 5.97 Å². The molecule has 0 saturated heterocycles. The quantitative estimate of drug-likeness (QED) is 0.406. The van der Waals surface area contributed by atoms with E-state index in [4.69, 9.17) is 18.4 Å². The van der Waals surface area contributed by atoms with Gasteiger partial charge in [0, 0.05) is 5.56 Å². The lowest BCUT2D eigenvalue weighted by atomic mass is 10.2. The summed E-state index contributed by atoms with van der Waals surface area (Å²) in [5.41, 5.74) is 3.46. The van der Waals surface area contributed by atoms with Crippen molar-refractivity contribution in [2.45, 2.75) is 27.1 Å². The van der Waals surface area contributed by atoms with Crippen molar-refractivity contribution in [2.24, 2.45) is 0 Å². The highest BCUT2D eigenvalue weighted by Crippen LogP contribution is 2.20. The Morgan fingerprint density at radius 2 is 1.87 bits per heavy atom. The van der Waals surface area contributed by atoms with E-state index in [-0.39, 0.29) is 6.61 Å². The molecule has 7 nitrogen and oxygen atoms in total. The fourth-order valence-electron chi connectivity index (χ4n) is 2.89. The molecule has 7 heteroatoms. The topological polar surface area (TPSA) is 87.6 Å². The van der Waals surface area contributed by atoms with Gasteiger partial charge in [0.1, 0.15) is 36.7 Å². The monoisotopic (exact) mass is 404 g/mol. The molecule has 0 aliphatic heterocycles. The summed E-state index contributed by atoms with van der Waals surface area (Å²) in [5.74, 6) is 1.28. The van der Waals surface area contributed by atoms with Crippen LogP contribution >= 0.6 is 0 Å². The number of esters is 1. The lowest BCUT2D eigenvalue weighted by Crippen LogP contribution is -2.06. The molecule has 0 aliphatic rings. The van der Waals surface area contributed by atoms with Gasteiger partial charge in [-0.15, -0.1) is 0 Å². The van der Waals surface area contributed by atoms with E-state index in [1.807, 2.05) is 44.2 Å². The Balaban J connectivity index is 1.36. The first-order chi connectivity index (χ1) is 14.6. The number of oxazole rings is 1. The zero-order chi connectivity index (χ0) is 20.9. The van der Waals surface area contributed by atoms with Gasteiger partial charge in [0.05, 0.1) is 16.8 Å². The summed E-state index contributed by atoms with van der Waals surface area (Å²) in [5, 5.41) is 3.91. The van der Waals surface area contributed by atoms with Gasteiger partial charge >= 0.3 is 5.97 Å². The van der Waals surface area contributed by atoms with Gasteiger partial charge in [0.15, 0.2) is 0 Å². The molecule has 4 aromatic rings. The predicted octanol–water partition coefficient (Wildman–Crippen LogP) is 4.88. The molecule has 0 aliphatic carbocycles. The number of carbonyl (C=O) groups is 1. The van der Waals surface area contributed by atoms with Crippen LogP contribution in [0.2, 0.25) is 0 Å². The van der Waals surface area contributed by atoms with E-state index >= 15 is 0 Å². The largest absolute Gasteiger partial charge is 0.489 e. The molecule has 0 spiro atoms. The van der Waals surface area contributed by atoms with Crippen LogP contribution in [0.15, 0.2) is 69.8 Å². The second-order valence-electron chi connectivity index (χ2n) is 6.71. The van der Waals surface area contributed by atoms with Crippen molar-refractivity contribution < 1.29 is 23.2 Å². The van der Waals surface area contributed by atoms with Crippen molar-refractivity contribution in [3.8, 4) is 17.2 Å². The van der Waals surface area contributed by atoms with Gasteiger partial charge in [-0.3, -0.25) is 0 Å². The number of nitrogens with zero attached hydrogens (tertiary/aromatic N) is 2. The van der Waals surface area contributed by atoms with Gasteiger partial charge in [0.25, 0.3) is 0 Å². The van der Waals surface area contributed by atoms with Crippen LogP contribution in [-0.4, -0.2) is 16.1 Å². The minimum Gasteiger partial charge on any atom is -0.489 e. The number of carbonyl (C=O) groups excluding carboxylic acids is 1. The third-order valence-electron chi connectivity index (χ3n) is 4.56. The molecule has 4 rings (SSSR count). The molecule has 0 fully saturated rings. The summed E-state index contributed by atoms with van der Waals surface area (Å²) < 4.78 is 21.7. The Kier molecular flexibility index (Phi) is 5.61. The maximum Gasteiger partial charge on any atom is 0.338 e. The van der Waals surface area contributed by atoms with Crippen LogP contribution in [0.4, 0.5) is 0 Å². The lowest BCUT2D eigenvalue weighted by Gasteiger charge is -2.08. The Morgan fingerprint density at radius 1 is 1.03 bits per heavy atom. The summed E-state index contributed by atoms with van der Waals surface area (Å²) >= 11 is 0. The van der Waals surface area contributed by atoms with Gasteiger partial charge in [-0.25, -0.2) is 9.78 Å². The summed E-state index contributed by atoms with van der Waals surface area (Å²) in [6.45, 7) is 4.01. The lowest BCUT2D eigenvalue weighted by molar-refractivity contribution is 0.0467. The number of rotatable bonds is 7. The van der Waals surface area contributed by atoms with Crippen molar-refractivity contribution in [1.29, 1.82) is 0 Å². The fourth-order valence-corrected chi connectivity index (χ4v) is 2.89. The van der Waals surface area contributed by atoms with E-state index in [1.165, 1.54) is 6.26 Å². The molecular weight excluding hydrogens is 384 g/mol. The van der Waals surface area contributed by atoms with E-state index in [9.17, 15) is 4.79 Å². The molecular formula is C23H20N2O5. The molecule has 30 heavy (non-hydrogen) atoms. The van der Waals surface area contributed by atoms with E-state index in [0.717, 1.165) is 16.8 Å². The summed E-state index contributed by atoms with van der Waals surface area (Å²) in [6.07, 6.45) is 1.48. The third kappa shape index (κ3) is 4.41. The maximum absolute atomic E-state index is 12.4. The molecule has 0 atom stereocenters. The standard InChI is InChI=1S/C23H20N2O5/c1-15-21(16(2)30-25-15)14-27-20-10-6-9-18(11-20)23(26)29-13-19-12-28-22(24-19)17-7-4-3-5-8-17/h3-12H,13-14H2,1-2H3. The summed E-state index contributed by atoms with van der Waals surface area (Å²) in [4.78, 5) is 16.8. The number of hydrogen-bond donors (Lipinski definition) is 0. The second-order valence-corrected chi connectivity index (χ2v) is 6.71. The minimum atomic E-state index is -0.470. The number of ether oxygens (including phenoxy) is 2. The highest BCUT2D eigenvalue weighted by atomic mass is 16.5. The van der Waals surface area contributed by atoms with Crippen LogP contribution in [0.1, 0.15) is 33.1 Å². The van der Waals surface area contributed by atoms with E-state index < -0.39 is 5.97 Å². The van der Waals surface area contributed by atoms with Crippen molar-refractivity contribution in [3.05, 3.63) is 89.1 Å². The molecule has 152 valence electrons. The second kappa shape index (κ2) is 8.65. The van der Waals surface area contributed by atoms with Crippen LogP contribution in [0.3, 0.4) is 0 Å². The number of benzene rings is 2. The highest BCUT2D eigenvalue weighted by molar-refractivity contribution is 5.89. The van der Waals surface area contributed by atoms with E-state index in [2.05, 4.69) is 10.1 Å². The fraction of sp³-hybridized carbons (Fsp3) is 0.174. The summed E-state index contributed by atoms with van der Waals surface area (Å²) in [7, 11) is 0. The molecule has 0 saturated carbocycles. The Labute approximate surface area is 173 Å². The number of hydrogen-bond acceptors (Lipinski definition) is 7. The third-order valence-corrected chi connectivity index (χ3v) is 4.56. The first-order valence-corrected chi connectivity index (χ1v) is 9.41. The molecule has 2 heterocycles. The number of aromatic nitrogens is 2. The number of aryl methyl sites for hydroxylation is 2. The SMILES string of the molecule is Cc1noc(C)c1COc1cccc(C(=O)OCc2coc(-c3ccccc3)n2)c1.